The van der Waals surface area contributed by atoms with Crippen LogP contribution in [-0.4, -0.2) is 32.6 Å². The summed E-state index contributed by atoms with van der Waals surface area (Å²) in [5.74, 6) is 0.230. The number of hydrogen-bond acceptors (Lipinski definition) is 3. The van der Waals surface area contributed by atoms with E-state index in [-0.39, 0.29) is 11.9 Å². The molecule has 1 atom stereocenters. The first-order valence-corrected chi connectivity index (χ1v) is 6.65. The van der Waals surface area contributed by atoms with Gasteiger partial charge in [0.25, 0.3) is 0 Å². The maximum atomic E-state index is 11.3. The topological polar surface area (TPSA) is 62.7 Å². The van der Waals surface area contributed by atoms with Crippen molar-refractivity contribution in [3.63, 3.8) is 0 Å². The van der Waals surface area contributed by atoms with Crippen LogP contribution in [-0.2, 0) is 16.1 Å². The number of ether oxygens (including phenoxy) is 1. The Hall–Kier alpha value is -2.04. The van der Waals surface area contributed by atoms with Crippen LogP contribution in [0.25, 0.3) is 0 Å². The van der Waals surface area contributed by atoms with Crippen LogP contribution in [0.15, 0.2) is 29.3 Å². The summed E-state index contributed by atoms with van der Waals surface area (Å²) in [6.45, 7) is 5.07. The average molecular weight is 277 g/mol. The largest absolute Gasteiger partial charge is 0.469 e. The van der Waals surface area contributed by atoms with Gasteiger partial charge in [-0.1, -0.05) is 31.2 Å². The number of nitrogens with zero attached hydrogens (tertiary/aromatic N) is 1. The summed E-state index contributed by atoms with van der Waals surface area (Å²) in [5, 5.41) is 6.34. The second-order valence-electron chi connectivity index (χ2n) is 4.66. The summed E-state index contributed by atoms with van der Waals surface area (Å²) >= 11 is 0. The lowest BCUT2D eigenvalue weighted by Gasteiger charge is -2.15. The Morgan fingerprint density at radius 3 is 2.65 bits per heavy atom. The zero-order valence-corrected chi connectivity index (χ0v) is 12.6. The Kier molecular flexibility index (Phi) is 6.56. The smallest absolute Gasteiger partial charge is 0.310 e. The first-order valence-electron chi connectivity index (χ1n) is 6.65. The number of carbonyl (C=O) groups excluding carboxylic acids is 1. The first-order chi connectivity index (χ1) is 9.58. The number of methoxy groups -OCH3 is 1. The SMILES string of the molecule is CN=C(NCc1ccccc1C)NCC(C)C(=O)OC. The molecule has 5 nitrogen and oxygen atoms in total. The molecule has 1 aromatic carbocycles. The van der Waals surface area contributed by atoms with E-state index in [1.54, 1.807) is 7.05 Å². The molecule has 0 aliphatic heterocycles. The third-order valence-electron chi connectivity index (χ3n) is 3.11. The molecule has 20 heavy (non-hydrogen) atoms. The monoisotopic (exact) mass is 277 g/mol. The van der Waals surface area contributed by atoms with Crippen LogP contribution in [0.1, 0.15) is 18.1 Å². The van der Waals surface area contributed by atoms with E-state index < -0.39 is 0 Å². The Morgan fingerprint density at radius 1 is 1.35 bits per heavy atom. The Morgan fingerprint density at radius 2 is 2.05 bits per heavy atom. The number of rotatable bonds is 5. The Bertz CT molecular complexity index is 472. The fourth-order valence-corrected chi connectivity index (χ4v) is 1.74. The molecule has 1 rings (SSSR count). The van der Waals surface area contributed by atoms with E-state index in [4.69, 9.17) is 0 Å². The predicted molar refractivity (Wildman–Crippen MR) is 80.6 cm³/mol. The van der Waals surface area contributed by atoms with Crippen molar-refractivity contribution in [3.8, 4) is 0 Å². The molecule has 0 aromatic heterocycles. The van der Waals surface area contributed by atoms with Crippen molar-refractivity contribution in [1.82, 2.24) is 10.6 Å². The second-order valence-corrected chi connectivity index (χ2v) is 4.66. The van der Waals surface area contributed by atoms with E-state index in [9.17, 15) is 4.79 Å². The van der Waals surface area contributed by atoms with E-state index in [2.05, 4.69) is 39.4 Å². The highest BCUT2D eigenvalue weighted by molar-refractivity contribution is 5.80. The van der Waals surface area contributed by atoms with Gasteiger partial charge in [-0.15, -0.1) is 0 Å². The lowest BCUT2D eigenvalue weighted by Crippen LogP contribution is -2.40. The highest BCUT2D eigenvalue weighted by Gasteiger charge is 2.13. The average Bonchev–Trinajstić information content (AvgIpc) is 2.47. The highest BCUT2D eigenvalue weighted by Crippen LogP contribution is 2.05. The fourth-order valence-electron chi connectivity index (χ4n) is 1.74. The molecular weight excluding hydrogens is 254 g/mol. The molecule has 0 saturated carbocycles. The number of aryl methyl sites for hydroxylation is 1. The van der Waals surface area contributed by atoms with Gasteiger partial charge >= 0.3 is 5.97 Å². The summed E-state index contributed by atoms with van der Waals surface area (Å²) < 4.78 is 4.68. The van der Waals surface area contributed by atoms with Crippen LogP contribution >= 0.6 is 0 Å². The molecule has 0 heterocycles. The van der Waals surface area contributed by atoms with Crippen molar-refractivity contribution in [3.05, 3.63) is 35.4 Å². The zero-order valence-electron chi connectivity index (χ0n) is 12.6. The molecule has 0 radical (unpaired) electrons. The van der Waals surface area contributed by atoms with Crippen LogP contribution < -0.4 is 10.6 Å². The number of benzene rings is 1. The van der Waals surface area contributed by atoms with Crippen LogP contribution in [0.2, 0.25) is 0 Å². The molecule has 1 aromatic rings. The maximum absolute atomic E-state index is 11.3. The zero-order chi connectivity index (χ0) is 15.0. The van der Waals surface area contributed by atoms with Gasteiger partial charge in [-0.05, 0) is 18.1 Å². The Balaban J connectivity index is 2.45. The number of guanidine groups is 1. The van der Waals surface area contributed by atoms with Crippen LogP contribution in [0.5, 0.6) is 0 Å². The van der Waals surface area contributed by atoms with Gasteiger partial charge in [0, 0.05) is 20.1 Å². The molecule has 0 spiro atoms. The minimum absolute atomic E-state index is 0.211. The number of nitrogens with one attached hydrogen (secondary N) is 2. The predicted octanol–water partition coefficient (Wildman–Crippen LogP) is 1.47. The molecule has 1 unspecified atom stereocenters. The molecular formula is C15H23N3O2. The number of esters is 1. The first kappa shape index (κ1) is 16.0. The third kappa shape index (κ3) is 4.91. The van der Waals surface area contributed by atoms with E-state index in [0.29, 0.717) is 19.0 Å². The molecule has 0 fully saturated rings. The Labute approximate surface area is 120 Å². The normalized spacial score (nSPS) is 12.7. The van der Waals surface area contributed by atoms with Crippen molar-refractivity contribution in [2.24, 2.45) is 10.9 Å². The number of hydrogen-bond donors (Lipinski definition) is 2. The lowest BCUT2D eigenvalue weighted by atomic mass is 10.1. The van der Waals surface area contributed by atoms with Gasteiger partial charge in [0.1, 0.15) is 0 Å². The van der Waals surface area contributed by atoms with Gasteiger partial charge in [0.05, 0.1) is 13.0 Å². The molecule has 2 N–H and O–H groups in total. The number of carbonyl (C=O) groups is 1. The van der Waals surface area contributed by atoms with Crippen molar-refractivity contribution in [2.45, 2.75) is 20.4 Å². The van der Waals surface area contributed by atoms with Crippen LogP contribution in [0, 0.1) is 12.8 Å². The molecule has 0 aliphatic carbocycles. The van der Waals surface area contributed by atoms with Crippen LogP contribution in [0.3, 0.4) is 0 Å². The van der Waals surface area contributed by atoms with Gasteiger partial charge in [-0.3, -0.25) is 9.79 Å². The van der Waals surface area contributed by atoms with E-state index in [0.717, 1.165) is 0 Å². The molecule has 0 aliphatic rings. The quantitative estimate of drug-likeness (QED) is 0.486. The van der Waals surface area contributed by atoms with Gasteiger partial charge in [0.2, 0.25) is 0 Å². The van der Waals surface area contributed by atoms with Crippen molar-refractivity contribution < 1.29 is 9.53 Å². The van der Waals surface area contributed by atoms with Crippen molar-refractivity contribution in [2.75, 3.05) is 20.7 Å². The molecule has 0 amide bonds. The van der Waals surface area contributed by atoms with Crippen molar-refractivity contribution >= 4 is 11.9 Å². The van der Waals surface area contributed by atoms with Gasteiger partial charge in [-0.25, -0.2) is 0 Å². The second kappa shape index (κ2) is 8.19. The van der Waals surface area contributed by atoms with E-state index >= 15 is 0 Å². The summed E-state index contributed by atoms with van der Waals surface area (Å²) in [6.07, 6.45) is 0. The van der Waals surface area contributed by atoms with Crippen LogP contribution in [0.4, 0.5) is 0 Å². The lowest BCUT2D eigenvalue weighted by molar-refractivity contribution is -0.144. The summed E-state index contributed by atoms with van der Waals surface area (Å²) in [4.78, 5) is 15.4. The molecule has 5 heteroatoms. The molecule has 110 valence electrons. The summed E-state index contributed by atoms with van der Waals surface area (Å²) in [7, 11) is 3.10. The van der Waals surface area contributed by atoms with E-state index in [1.165, 1.54) is 18.2 Å². The minimum Gasteiger partial charge on any atom is -0.469 e. The van der Waals surface area contributed by atoms with Gasteiger partial charge in [-0.2, -0.15) is 0 Å². The molecule has 0 bridgehead atoms. The summed E-state index contributed by atoms with van der Waals surface area (Å²) in [5.41, 5.74) is 2.45. The fraction of sp³-hybridized carbons (Fsp3) is 0.467. The number of aliphatic imine (C=N–C) groups is 1. The van der Waals surface area contributed by atoms with Gasteiger partial charge < -0.3 is 15.4 Å². The minimum atomic E-state index is -0.230. The standard InChI is InChI=1S/C15H23N3O2/c1-11-7-5-6-8-13(11)10-18-15(16-3)17-9-12(2)14(19)20-4/h5-8,12H,9-10H2,1-4H3,(H2,16,17,18). The van der Waals surface area contributed by atoms with E-state index in [1.807, 2.05) is 19.1 Å². The molecule has 0 saturated heterocycles. The summed E-state index contributed by atoms with van der Waals surface area (Å²) in [6, 6.07) is 8.18. The maximum Gasteiger partial charge on any atom is 0.310 e. The third-order valence-corrected chi connectivity index (χ3v) is 3.11. The van der Waals surface area contributed by atoms with Gasteiger partial charge in [0.15, 0.2) is 5.96 Å². The van der Waals surface area contributed by atoms with Crippen molar-refractivity contribution in [1.29, 1.82) is 0 Å². The highest BCUT2D eigenvalue weighted by atomic mass is 16.5.